The van der Waals surface area contributed by atoms with Crippen molar-refractivity contribution < 1.29 is 9.67 Å². The van der Waals surface area contributed by atoms with Crippen molar-refractivity contribution in [1.82, 2.24) is 0 Å². The van der Waals surface area contributed by atoms with Gasteiger partial charge in [0.05, 0.1) is 5.66 Å². The average molecular weight is 384 g/mol. The summed E-state index contributed by atoms with van der Waals surface area (Å²) < 4.78 is 15.0. The fourth-order valence-electron chi connectivity index (χ4n) is 3.69. The maximum atomic E-state index is 15.0. The highest BCUT2D eigenvalue weighted by Gasteiger charge is 2.39. The molecule has 1 unspecified atom stereocenters. The summed E-state index contributed by atoms with van der Waals surface area (Å²) >= 11 is 0. The third-order valence-electron chi connectivity index (χ3n) is 4.99. The molecule has 0 amide bonds. The lowest BCUT2D eigenvalue weighted by molar-refractivity contribution is 0.468. The Morgan fingerprint density at radius 3 is 1.50 bits per heavy atom. The molecule has 0 aliphatic heterocycles. The second-order valence-electron chi connectivity index (χ2n) is 6.70. The summed E-state index contributed by atoms with van der Waals surface area (Å²) in [5, 5.41) is 12.2. The molecule has 0 bridgehead atoms. The lowest BCUT2D eigenvalue weighted by Crippen LogP contribution is -2.22. The molecule has 4 rings (SSSR count). The van der Waals surface area contributed by atoms with Gasteiger partial charge in [0.25, 0.3) is 0 Å². The first kappa shape index (κ1) is 18.3. The van der Waals surface area contributed by atoms with Crippen LogP contribution in [0.25, 0.3) is 0 Å². The Morgan fingerprint density at radius 2 is 1.00 bits per heavy atom. The molecule has 1 N–H and O–H groups in total. The fraction of sp³-hybridized carbons (Fsp3) is 0.0400. The molecule has 28 heavy (non-hydrogen) atoms. The van der Waals surface area contributed by atoms with Gasteiger partial charge in [-0.15, -0.1) is 0 Å². The van der Waals surface area contributed by atoms with Crippen molar-refractivity contribution >= 4 is 17.8 Å². The molecule has 2 nitrogen and oxygen atoms in total. The van der Waals surface area contributed by atoms with Crippen molar-refractivity contribution in [2.45, 2.75) is 5.66 Å². The number of phenols is 1. The predicted molar refractivity (Wildman–Crippen MR) is 116 cm³/mol. The zero-order valence-electron chi connectivity index (χ0n) is 15.3. The average Bonchev–Trinajstić information content (AvgIpc) is 2.77. The van der Waals surface area contributed by atoms with Crippen LogP contribution < -0.4 is 10.6 Å². The Bertz CT molecular complexity index is 1050. The molecule has 0 fully saturated rings. The molecule has 0 radical (unpaired) electrons. The Hall–Kier alpha value is -3.09. The Kier molecular flexibility index (Phi) is 5.14. The van der Waals surface area contributed by atoms with E-state index in [2.05, 4.69) is 0 Å². The minimum atomic E-state index is -3.16. The number of hydrogen-bond acceptors (Lipinski definition) is 2. The van der Waals surface area contributed by atoms with E-state index in [0.717, 1.165) is 16.2 Å². The molecule has 3 heteroatoms. The summed E-state index contributed by atoms with van der Waals surface area (Å²) in [4.78, 5) is 0. The van der Waals surface area contributed by atoms with E-state index in [1.165, 1.54) is 0 Å². The van der Waals surface area contributed by atoms with Crippen LogP contribution in [0.5, 0.6) is 5.75 Å². The van der Waals surface area contributed by atoms with E-state index in [1.54, 1.807) is 12.1 Å². The third kappa shape index (κ3) is 3.28. The van der Waals surface area contributed by atoms with Gasteiger partial charge in [0.1, 0.15) is 5.75 Å². The normalized spacial score (nSPS) is 12.4. The highest BCUT2D eigenvalue weighted by Crippen LogP contribution is 2.61. The van der Waals surface area contributed by atoms with Crippen molar-refractivity contribution in [3.8, 4) is 5.75 Å². The Morgan fingerprint density at radius 1 is 0.571 bits per heavy atom. The molecule has 4 aromatic carbocycles. The number of aromatic hydroxyl groups is 1. The number of hydrogen-bond donors (Lipinski definition) is 1. The first-order chi connectivity index (χ1) is 13.7. The molecule has 4 aromatic rings. The van der Waals surface area contributed by atoms with E-state index in [9.17, 15) is 9.67 Å². The maximum absolute atomic E-state index is 15.0. The third-order valence-corrected chi connectivity index (χ3v) is 8.42. The fourth-order valence-corrected chi connectivity index (χ4v) is 7.01. The monoisotopic (exact) mass is 384 g/mol. The molecule has 0 aromatic heterocycles. The molecule has 138 valence electrons. The van der Waals surface area contributed by atoms with Crippen LogP contribution in [0.2, 0.25) is 0 Å². The standard InChI is InChI=1S/C25H21O2P/c26-24-19-11-10-18-23(24)25(20-12-4-1-5-13-20)28(27,21-14-6-2-7-15-21)22-16-8-3-9-17-22/h1-19,25-26H. The van der Waals surface area contributed by atoms with Crippen molar-refractivity contribution in [1.29, 1.82) is 0 Å². The topological polar surface area (TPSA) is 37.3 Å². The van der Waals surface area contributed by atoms with Gasteiger partial charge in [-0.05, 0) is 11.6 Å². The lowest BCUT2D eigenvalue weighted by atomic mass is 10.0. The van der Waals surface area contributed by atoms with Crippen LogP contribution in [0.3, 0.4) is 0 Å². The van der Waals surface area contributed by atoms with Crippen LogP contribution in [0.4, 0.5) is 0 Å². The van der Waals surface area contributed by atoms with E-state index in [0.29, 0.717) is 5.56 Å². The zero-order valence-corrected chi connectivity index (χ0v) is 16.2. The van der Waals surface area contributed by atoms with Gasteiger partial charge in [0.2, 0.25) is 0 Å². The van der Waals surface area contributed by atoms with Crippen LogP contribution in [0.1, 0.15) is 16.8 Å². The first-order valence-electron chi connectivity index (χ1n) is 9.25. The van der Waals surface area contributed by atoms with E-state index < -0.39 is 12.8 Å². The quantitative estimate of drug-likeness (QED) is 0.462. The van der Waals surface area contributed by atoms with Crippen LogP contribution in [-0.4, -0.2) is 5.11 Å². The van der Waals surface area contributed by atoms with Gasteiger partial charge in [0, 0.05) is 16.2 Å². The van der Waals surface area contributed by atoms with Crippen LogP contribution >= 0.6 is 7.14 Å². The van der Waals surface area contributed by atoms with Gasteiger partial charge in [-0.25, -0.2) is 0 Å². The largest absolute Gasteiger partial charge is 0.508 e. The van der Waals surface area contributed by atoms with Gasteiger partial charge in [-0.1, -0.05) is 109 Å². The first-order valence-corrected chi connectivity index (χ1v) is 11.0. The Labute approximate surface area is 165 Å². The molecule has 0 spiro atoms. The minimum Gasteiger partial charge on any atom is -0.508 e. The van der Waals surface area contributed by atoms with Gasteiger partial charge in [-0.3, -0.25) is 0 Å². The molecule has 0 saturated heterocycles. The zero-order chi connectivity index (χ0) is 19.4. The smallest absolute Gasteiger partial charge is 0.154 e. The van der Waals surface area contributed by atoms with Crippen LogP contribution in [-0.2, 0) is 4.57 Å². The summed E-state index contributed by atoms with van der Waals surface area (Å²) in [6.07, 6.45) is 0. The molecule has 1 atom stereocenters. The lowest BCUT2D eigenvalue weighted by Gasteiger charge is -2.30. The van der Waals surface area contributed by atoms with Crippen LogP contribution in [0.15, 0.2) is 115 Å². The van der Waals surface area contributed by atoms with E-state index in [-0.39, 0.29) is 5.75 Å². The van der Waals surface area contributed by atoms with Gasteiger partial charge >= 0.3 is 0 Å². The van der Waals surface area contributed by atoms with Crippen molar-refractivity contribution in [3.63, 3.8) is 0 Å². The second-order valence-corrected chi connectivity index (χ2v) is 9.57. The number of phenolic OH excluding ortho intramolecular Hbond substituents is 1. The molecular formula is C25H21O2P. The van der Waals surface area contributed by atoms with E-state index in [4.69, 9.17) is 0 Å². The predicted octanol–water partition coefficient (Wildman–Crippen LogP) is 5.50. The Balaban J connectivity index is 2.06. The molecule has 0 aliphatic rings. The summed E-state index contributed by atoms with van der Waals surface area (Å²) in [5.74, 6) is 0.156. The molecule has 0 heterocycles. The van der Waals surface area contributed by atoms with Gasteiger partial charge in [-0.2, -0.15) is 0 Å². The highest BCUT2D eigenvalue weighted by molar-refractivity contribution is 7.79. The number of rotatable bonds is 5. The maximum Gasteiger partial charge on any atom is 0.154 e. The van der Waals surface area contributed by atoms with Crippen molar-refractivity contribution in [2.75, 3.05) is 0 Å². The molecule has 0 saturated carbocycles. The van der Waals surface area contributed by atoms with Gasteiger partial charge in [0.15, 0.2) is 7.14 Å². The summed E-state index contributed by atoms with van der Waals surface area (Å²) in [7, 11) is -3.16. The van der Waals surface area contributed by atoms with Crippen LogP contribution in [0, 0.1) is 0 Å². The minimum absolute atomic E-state index is 0.156. The second kappa shape index (κ2) is 7.88. The number of para-hydroxylation sites is 1. The van der Waals surface area contributed by atoms with Crippen molar-refractivity contribution in [3.05, 3.63) is 126 Å². The van der Waals surface area contributed by atoms with Crippen molar-refractivity contribution in [2.24, 2.45) is 0 Å². The summed E-state index contributed by atoms with van der Waals surface area (Å²) in [5.41, 5.74) is 1.10. The number of benzene rings is 4. The van der Waals surface area contributed by atoms with E-state index in [1.807, 2.05) is 103 Å². The summed E-state index contributed by atoms with van der Waals surface area (Å²) in [6.45, 7) is 0. The van der Waals surface area contributed by atoms with Gasteiger partial charge < -0.3 is 9.67 Å². The SMILES string of the molecule is O=P(c1ccccc1)(c1ccccc1)C(c1ccccc1)c1ccccc1O. The molecule has 0 aliphatic carbocycles. The summed E-state index contributed by atoms with van der Waals surface area (Å²) in [6, 6.07) is 36.2. The highest BCUT2D eigenvalue weighted by atomic mass is 31.2. The molecular weight excluding hydrogens is 363 g/mol. The van der Waals surface area contributed by atoms with E-state index >= 15 is 0 Å².